The van der Waals surface area contributed by atoms with Gasteiger partial charge in [0.05, 0.1) is 14.2 Å². The molecule has 0 radical (unpaired) electrons. The number of carbonyl (C=O) groups excluding carboxylic acids is 1. The molecule has 0 saturated carbocycles. The van der Waals surface area contributed by atoms with E-state index in [0.717, 1.165) is 10.0 Å². The second kappa shape index (κ2) is 8.49. The molecule has 1 amide bonds. The average Bonchev–Trinajstić information content (AvgIpc) is 2.62. The molecule has 0 bridgehead atoms. The van der Waals surface area contributed by atoms with Gasteiger partial charge in [-0.2, -0.15) is 0 Å². The molecule has 24 heavy (non-hydrogen) atoms. The summed E-state index contributed by atoms with van der Waals surface area (Å²) in [5, 5.41) is 0. The van der Waals surface area contributed by atoms with Crippen molar-refractivity contribution in [2.75, 3.05) is 25.7 Å². The molecular weight excluding hydrogens is 372 g/mol. The molecule has 6 heteroatoms. The van der Waals surface area contributed by atoms with Gasteiger partial charge in [0.25, 0.3) is 5.91 Å². The summed E-state index contributed by atoms with van der Waals surface area (Å²) >= 11 is 3.34. The molecule has 1 heterocycles. The van der Waals surface area contributed by atoms with Crippen molar-refractivity contribution in [2.24, 2.45) is 0 Å². The second-order valence-electron chi connectivity index (χ2n) is 4.86. The predicted octanol–water partition coefficient (Wildman–Crippen LogP) is 3.93. The van der Waals surface area contributed by atoms with Crippen LogP contribution in [0.15, 0.2) is 47.1 Å². The lowest BCUT2D eigenvalue weighted by atomic mass is 10.1. The molecule has 2 rings (SSSR count). The van der Waals surface area contributed by atoms with Gasteiger partial charge in [-0.25, -0.2) is 4.98 Å². The van der Waals surface area contributed by atoms with Crippen LogP contribution in [0.5, 0.6) is 11.5 Å². The van der Waals surface area contributed by atoms with E-state index >= 15 is 0 Å². The van der Waals surface area contributed by atoms with E-state index in [2.05, 4.69) is 20.9 Å². The maximum absolute atomic E-state index is 12.5. The lowest BCUT2D eigenvalue weighted by Gasteiger charge is -2.18. The Bertz CT molecular complexity index is 730. The van der Waals surface area contributed by atoms with Crippen molar-refractivity contribution in [3.05, 3.63) is 52.6 Å². The van der Waals surface area contributed by atoms with Crippen LogP contribution in [0.3, 0.4) is 0 Å². The molecule has 1 aromatic heterocycles. The fourth-order valence-electron chi connectivity index (χ4n) is 2.17. The minimum absolute atomic E-state index is 0.148. The van der Waals surface area contributed by atoms with Crippen LogP contribution in [0.1, 0.15) is 12.5 Å². The Labute approximate surface area is 150 Å². The fourth-order valence-corrected chi connectivity index (χ4v) is 2.40. The number of benzene rings is 1. The van der Waals surface area contributed by atoms with Gasteiger partial charge < -0.3 is 9.47 Å². The third kappa shape index (κ3) is 4.35. The SMILES string of the molecule is CCN(C(=O)/C=C/c1ccc(OC)cc1OC)c1ccc(Br)cn1. The van der Waals surface area contributed by atoms with Crippen molar-refractivity contribution in [3.8, 4) is 11.5 Å². The Morgan fingerprint density at radius 2 is 2.04 bits per heavy atom. The number of anilines is 1. The maximum atomic E-state index is 12.5. The summed E-state index contributed by atoms with van der Waals surface area (Å²) in [6.45, 7) is 2.43. The number of ether oxygens (including phenoxy) is 2. The minimum atomic E-state index is -0.148. The number of halogens is 1. The maximum Gasteiger partial charge on any atom is 0.252 e. The highest BCUT2D eigenvalue weighted by Crippen LogP contribution is 2.25. The Morgan fingerprint density at radius 1 is 1.25 bits per heavy atom. The van der Waals surface area contributed by atoms with E-state index < -0.39 is 0 Å². The van der Waals surface area contributed by atoms with Crippen LogP contribution in [0.2, 0.25) is 0 Å². The molecule has 0 aliphatic carbocycles. The number of carbonyl (C=O) groups is 1. The number of hydrogen-bond acceptors (Lipinski definition) is 4. The van der Waals surface area contributed by atoms with E-state index in [1.54, 1.807) is 43.5 Å². The number of nitrogens with zero attached hydrogens (tertiary/aromatic N) is 2. The predicted molar refractivity (Wildman–Crippen MR) is 98.5 cm³/mol. The molecule has 0 aliphatic rings. The Kier molecular flexibility index (Phi) is 6.37. The average molecular weight is 391 g/mol. The van der Waals surface area contributed by atoms with Gasteiger partial charge in [-0.15, -0.1) is 0 Å². The molecule has 126 valence electrons. The van der Waals surface area contributed by atoms with Gasteiger partial charge in [-0.1, -0.05) is 0 Å². The normalized spacial score (nSPS) is 10.7. The topological polar surface area (TPSA) is 51.7 Å². The van der Waals surface area contributed by atoms with Crippen LogP contribution in [-0.2, 0) is 4.79 Å². The molecule has 0 N–H and O–H groups in total. The molecule has 0 atom stereocenters. The highest BCUT2D eigenvalue weighted by Gasteiger charge is 2.12. The van der Waals surface area contributed by atoms with Crippen LogP contribution in [0.25, 0.3) is 6.08 Å². The molecule has 0 fully saturated rings. The lowest BCUT2D eigenvalue weighted by Crippen LogP contribution is -2.29. The summed E-state index contributed by atoms with van der Waals surface area (Å²) in [5.41, 5.74) is 0.798. The van der Waals surface area contributed by atoms with Gasteiger partial charge in [0.2, 0.25) is 0 Å². The summed E-state index contributed by atoms with van der Waals surface area (Å²) in [7, 11) is 3.18. The Balaban J connectivity index is 2.20. The quantitative estimate of drug-likeness (QED) is 0.701. The third-order valence-electron chi connectivity index (χ3n) is 3.42. The van der Waals surface area contributed by atoms with Crippen molar-refractivity contribution in [2.45, 2.75) is 6.92 Å². The van der Waals surface area contributed by atoms with Crippen molar-refractivity contribution < 1.29 is 14.3 Å². The van der Waals surface area contributed by atoms with E-state index in [1.807, 2.05) is 25.1 Å². The van der Waals surface area contributed by atoms with Crippen LogP contribution in [-0.4, -0.2) is 31.7 Å². The minimum Gasteiger partial charge on any atom is -0.497 e. The van der Waals surface area contributed by atoms with Crippen LogP contribution < -0.4 is 14.4 Å². The van der Waals surface area contributed by atoms with Crippen molar-refractivity contribution in [3.63, 3.8) is 0 Å². The van der Waals surface area contributed by atoms with E-state index in [4.69, 9.17) is 9.47 Å². The monoisotopic (exact) mass is 390 g/mol. The Morgan fingerprint density at radius 3 is 2.62 bits per heavy atom. The molecule has 0 spiro atoms. The molecule has 0 saturated heterocycles. The smallest absolute Gasteiger partial charge is 0.252 e. The number of methoxy groups -OCH3 is 2. The largest absolute Gasteiger partial charge is 0.497 e. The zero-order valence-electron chi connectivity index (χ0n) is 13.8. The van der Waals surface area contributed by atoms with Gasteiger partial charge >= 0.3 is 0 Å². The number of amides is 1. The van der Waals surface area contributed by atoms with Crippen molar-refractivity contribution in [1.82, 2.24) is 4.98 Å². The number of likely N-dealkylation sites (N-methyl/N-ethyl adjacent to an activating group) is 1. The van der Waals surface area contributed by atoms with Gasteiger partial charge in [0.1, 0.15) is 17.3 Å². The third-order valence-corrected chi connectivity index (χ3v) is 3.89. The molecule has 1 aromatic carbocycles. The lowest BCUT2D eigenvalue weighted by molar-refractivity contribution is -0.114. The van der Waals surface area contributed by atoms with Crippen LogP contribution >= 0.6 is 15.9 Å². The summed E-state index contributed by atoms with van der Waals surface area (Å²) in [6, 6.07) is 9.09. The molecule has 0 unspecified atom stereocenters. The van der Waals surface area contributed by atoms with Crippen LogP contribution in [0, 0.1) is 0 Å². The number of hydrogen-bond donors (Lipinski definition) is 0. The molecular formula is C18H19BrN2O3. The second-order valence-corrected chi connectivity index (χ2v) is 5.77. The van der Waals surface area contributed by atoms with Gasteiger partial charge in [0, 0.05) is 34.9 Å². The van der Waals surface area contributed by atoms with E-state index in [-0.39, 0.29) is 5.91 Å². The number of aromatic nitrogens is 1. The van der Waals surface area contributed by atoms with Crippen molar-refractivity contribution in [1.29, 1.82) is 0 Å². The van der Waals surface area contributed by atoms with E-state index in [1.165, 1.54) is 6.08 Å². The first-order valence-electron chi connectivity index (χ1n) is 7.42. The summed E-state index contributed by atoms with van der Waals surface area (Å²) in [5.74, 6) is 1.80. The standard InChI is InChI=1S/C18H19BrN2O3/c1-4-21(17-9-7-14(19)12-20-17)18(22)10-6-13-5-8-15(23-2)11-16(13)24-3/h5-12H,4H2,1-3H3/b10-6+. The van der Waals surface area contributed by atoms with Gasteiger partial charge in [-0.05, 0) is 53.2 Å². The molecule has 2 aromatic rings. The number of rotatable bonds is 6. The zero-order valence-corrected chi connectivity index (χ0v) is 15.4. The summed E-state index contributed by atoms with van der Waals surface area (Å²) < 4.78 is 11.4. The zero-order chi connectivity index (χ0) is 17.5. The van der Waals surface area contributed by atoms with E-state index in [9.17, 15) is 4.79 Å². The summed E-state index contributed by atoms with van der Waals surface area (Å²) in [4.78, 5) is 18.3. The first-order valence-corrected chi connectivity index (χ1v) is 8.21. The molecule has 5 nitrogen and oxygen atoms in total. The van der Waals surface area contributed by atoms with Crippen LogP contribution in [0.4, 0.5) is 5.82 Å². The van der Waals surface area contributed by atoms with Gasteiger partial charge in [0.15, 0.2) is 0 Å². The van der Waals surface area contributed by atoms with Gasteiger partial charge in [-0.3, -0.25) is 9.69 Å². The van der Waals surface area contributed by atoms with Crippen molar-refractivity contribution >= 4 is 33.7 Å². The first kappa shape index (κ1) is 18.0. The Hall–Kier alpha value is -2.34. The number of pyridine rings is 1. The summed E-state index contributed by atoms with van der Waals surface area (Å²) in [6.07, 6.45) is 4.90. The highest BCUT2D eigenvalue weighted by molar-refractivity contribution is 9.10. The fraction of sp³-hybridized carbons (Fsp3) is 0.222. The highest BCUT2D eigenvalue weighted by atomic mass is 79.9. The molecule has 0 aliphatic heterocycles. The van der Waals surface area contributed by atoms with E-state index in [0.29, 0.717) is 23.9 Å². The first-order chi connectivity index (χ1) is 11.6.